The molecule has 2 heterocycles. The molecule has 0 radical (unpaired) electrons. The number of nitrogens with one attached hydrogen (secondary N) is 2. The van der Waals surface area contributed by atoms with Gasteiger partial charge >= 0.3 is 11.8 Å². The van der Waals surface area contributed by atoms with Gasteiger partial charge in [0.15, 0.2) is 0 Å². The number of aryl methyl sites for hydroxylation is 1. The standard InChI is InChI=1S/C21H18N4O6S2/c26-20(22-15-5-1-6-17(12-15)25(28)29)21(27)23-16-9-8-14-4-2-10-24(18(14)13-16)33(30,31)19-7-3-11-32-19/h1,3,5-9,11-13H,2,4,10H2,(H,22,26)(H,23,27). The predicted octanol–water partition coefficient (Wildman–Crippen LogP) is 3.38. The average Bonchev–Trinajstić information content (AvgIpc) is 3.34. The Hall–Kier alpha value is -3.77. The Morgan fingerprint density at radius 2 is 1.73 bits per heavy atom. The Morgan fingerprint density at radius 3 is 2.39 bits per heavy atom. The SMILES string of the molecule is O=C(Nc1cccc([N+](=O)[O-])c1)C(=O)Nc1ccc2c(c1)N(S(=O)(=O)c1cccs1)CCC2. The minimum absolute atomic E-state index is 0.100. The van der Waals surface area contributed by atoms with Crippen molar-refractivity contribution < 1.29 is 22.9 Å². The minimum Gasteiger partial charge on any atom is -0.318 e. The van der Waals surface area contributed by atoms with Crippen molar-refractivity contribution in [2.24, 2.45) is 0 Å². The lowest BCUT2D eigenvalue weighted by Crippen LogP contribution is -2.35. The molecule has 4 rings (SSSR count). The number of rotatable bonds is 5. The van der Waals surface area contributed by atoms with E-state index in [1.807, 2.05) is 0 Å². The van der Waals surface area contributed by atoms with Gasteiger partial charge in [0.25, 0.3) is 15.7 Å². The molecule has 1 aliphatic rings. The van der Waals surface area contributed by atoms with Crippen LogP contribution < -0.4 is 14.9 Å². The van der Waals surface area contributed by atoms with Crippen LogP contribution in [-0.2, 0) is 26.0 Å². The van der Waals surface area contributed by atoms with Crippen molar-refractivity contribution >= 4 is 55.9 Å². The predicted molar refractivity (Wildman–Crippen MR) is 124 cm³/mol. The van der Waals surface area contributed by atoms with Crippen LogP contribution >= 0.6 is 11.3 Å². The third-order valence-electron chi connectivity index (χ3n) is 4.98. The third kappa shape index (κ3) is 4.71. The van der Waals surface area contributed by atoms with E-state index >= 15 is 0 Å². The number of sulfonamides is 1. The fourth-order valence-corrected chi connectivity index (χ4v) is 6.10. The number of nitro benzene ring substituents is 1. The molecule has 0 saturated heterocycles. The molecule has 0 saturated carbocycles. The molecule has 2 N–H and O–H groups in total. The molecule has 0 fully saturated rings. The summed E-state index contributed by atoms with van der Waals surface area (Å²) in [7, 11) is -3.74. The van der Waals surface area contributed by atoms with E-state index in [-0.39, 0.29) is 21.3 Å². The van der Waals surface area contributed by atoms with Crippen LogP contribution in [0.15, 0.2) is 64.2 Å². The quantitative estimate of drug-likeness (QED) is 0.322. The fraction of sp³-hybridized carbons (Fsp3) is 0.143. The van der Waals surface area contributed by atoms with Crippen LogP contribution in [0.4, 0.5) is 22.7 Å². The molecule has 0 atom stereocenters. The number of non-ortho nitro benzene ring substituents is 1. The van der Waals surface area contributed by atoms with Gasteiger partial charge in [-0.1, -0.05) is 18.2 Å². The highest BCUT2D eigenvalue weighted by atomic mass is 32.2. The number of nitrogens with zero attached hydrogens (tertiary/aromatic N) is 2. The first kappa shape index (κ1) is 22.4. The summed E-state index contributed by atoms with van der Waals surface area (Å²) in [6.45, 7) is 0.303. The van der Waals surface area contributed by atoms with Gasteiger partial charge in [0.1, 0.15) is 4.21 Å². The highest BCUT2D eigenvalue weighted by Gasteiger charge is 2.30. The molecular formula is C21H18N4O6S2. The van der Waals surface area contributed by atoms with Crippen molar-refractivity contribution in [3.63, 3.8) is 0 Å². The summed E-state index contributed by atoms with van der Waals surface area (Å²) in [5.41, 5.74) is 1.39. The molecule has 0 spiro atoms. The summed E-state index contributed by atoms with van der Waals surface area (Å²) in [5.74, 6) is -2.01. The van der Waals surface area contributed by atoms with E-state index in [0.717, 1.165) is 23.0 Å². The number of anilines is 3. The average molecular weight is 487 g/mol. The number of thiophene rings is 1. The van der Waals surface area contributed by atoms with Gasteiger partial charge in [-0.05, 0) is 48.1 Å². The van der Waals surface area contributed by atoms with E-state index in [9.17, 15) is 28.1 Å². The van der Waals surface area contributed by atoms with Crippen molar-refractivity contribution in [1.29, 1.82) is 0 Å². The number of carbonyl (C=O) groups excluding carboxylic acids is 2. The Balaban J connectivity index is 1.53. The second-order valence-corrected chi connectivity index (χ2v) is 10.2. The summed E-state index contributed by atoms with van der Waals surface area (Å²) in [6.07, 6.45) is 1.35. The third-order valence-corrected chi connectivity index (χ3v) is 8.17. The van der Waals surface area contributed by atoms with Gasteiger partial charge in [-0.3, -0.25) is 24.0 Å². The van der Waals surface area contributed by atoms with E-state index in [1.165, 1.54) is 34.6 Å². The summed E-state index contributed by atoms with van der Waals surface area (Å²) in [5, 5.41) is 17.3. The molecule has 170 valence electrons. The molecular weight excluding hydrogens is 468 g/mol. The summed E-state index contributed by atoms with van der Waals surface area (Å²) < 4.78 is 27.7. The topological polar surface area (TPSA) is 139 Å². The summed E-state index contributed by atoms with van der Waals surface area (Å²) in [6, 6.07) is 13.3. The zero-order valence-corrected chi connectivity index (χ0v) is 18.7. The van der Waals surface area contributed by atoms with E-state index in [1.54, 1.807) is 23.6 Å². The molecule has 2 amide bonds. The van der Waals surface area contributed by atoms with Crippen LogP contribution in [0.1, 0.15) is 12.0 Å². The Kier molecular flexibility index (Phi) is 6.11. The van der Waals surface area contributed by atoms with Crippen LogP contribution in [0, 0.1) is 10.1 Å². The lowest BCUT2D eigenvalue weighted by atomic mass is 10.0. The first-order chi connectivity index (χ1) is 15.8. The van der Waals surface area contributed by atoms with Gasteiger partial charge in [0, 0.05) is 30.1 Å². The summed E-state index contributed by atoms with van der Waals surface area (Å²) in [4.78, 5) is 34.9. The Morgan fingerprint density at radius 1 is 1.00 bits per heavy atom. The van der Waals surface area contributed by atoms with Crippen molar-refractivity contribution in [3.8, 4) is 0 Å². The summed E-state index contributed by atoms with van der Waals surface area (Å²) >= 11 is 1.13. The molecule has 1 aromatic heterocycles. The van der Waals surface area contributed by atoms with Crippen LogP contribution in [-0.4, -0.2) is 31.7 Å². The van der Waals surface area contributed by atoms with Crippen LogP contribution in [0.25, 0.3) is 0 Å². The monoisotopic (exact) mass is 486 g/mol. The molecule has 10 nitrogen and oxygen atoms in total. The number of benzene rings is 2. The zero-order valence-electron chi connectivity index (χ0n) is 17.1. The van der Waals surface area contributed by atoms with Crippen LogP contribution in [0.2, 0.25) is 0 Å². The van der Waals surface area contributed by atoms with Gasteiger partial charge in [0.2, 0.25) is 0 Å². The van der Waals surface area contributed by atoms with Crippen molar-refractivity contribution in [2.75, 3.05) is 21.5 Å². The van der Waals surface area contributed by atoms with Crippen LogP contribution in [0.5, 0.6) is 0 Å². The number of fused-ring (bicyclic) bond motifs is 1. The largest absolute Gasteiger partial charge is 0.318 e. The lowest BCUT2D eigenvalue weighted by Gasteiger charge is -2.30. The maximum atomic E-state index is 13.1. The number of amides is 2. The smallest absolute Gasteiger partial charge is 0.314 e. The molecule has 3 aromatic rings. The minimum atomic E-state index is -3.74. The first-order valence-electron chi connectivity index (χ1n) is 9.81. The molecule has 0 bridgehead atoms. The Bertz CT molecular complexity index is 1340. The molecule has 12 heteroatoms. The van der Waals surface area contributed by atoms with Gasteiger partial charge in [0.05, 0.1) is 10.6 Å². The number of hydrogen-bond acceptors (Lipinski definition) is 7. The first-order valence-corrected chi connectivity index (χ1v) is 12.1. The van der Waals surface area contributed by atoms with E-state index in [0.29, 0.717) is 25.1 Å². The maximum Gasteiger partial charge on any atom is 0.314 e. The fourth-order valence-electron chi connectivity index (χ4n) is 3.46. The maximum absolute atomic E-state index is 13.1. The number of carbonyl (C=O) groups is 2. The second-order valence-electron chi connectivity index (χ2n) is 7.17. The van der Waals surface area contributed by atoms with Crippen molar-refractivity contribution in [2.45, 2.75) is 17.1 Å². The second kappa shape index (κ2) is 9.00. The van der Waals surface area contributed by atoms with Gasteiger partial charge < -0.3 is 10.6 Å². The molecule has 33 heavy (non-hydrogen) atoms. The van der Waals surface area contributed by atoms with Crippen LogP contribution in [0.3, 0.4) is 0 Å². The normalized spacial score (nSPS) is 13.2. The lowest BCUT2D eigenvalue weighted by molar-refractivity contribution is -0.384. The molecule has 2 aromatic carbocycles. The highest BCUT2D eigenvalue weighted by Crippen LogP contribution is 2.35. The number of nitro groups is 1. The molecule has 0 aliphatic carbocycles. The van der Waals surface area contributed by atoms with E-state index in [4.69, 9.17) is 0 Å². The van der Waals surface area contributed by atoms with Gasteiger partial charge in [-0.2, -0.15) is 0 Å². The van der Waals surface area contributed by atoms with Gasteiger partial charge in [-0.15, -0.1) is 11.3 Å². The van der Waals surface area contributed by atoms with E-state index < -0.39 is 26.8 Å². The number of hydrogen-bond donors (Lipinski definition) is 2. The highest BCUT2D eigenvalue weighted by molar-refractivity contribution is 7.94. The zero-order chi connectivity index (χ0) is 23.6. The van der Waals surface area contributed by atoms with Gasteiger partial charge in [-0.25, -0.2) is 8.42 Å². The molecule has 1 aliphatic heterocycles. The molecule has 0 unspecified atom stereocenters. The Labute approximate surface area is 193 Å². The van der Waals surface area contributed by atoms with Crippen molar-refractivity contribution in [1.82, 2.24) is 0 Å². The van der Waals surface area contributed by atoms with Crippen molar-refractivity contribution in [3.05, 3.63) is 75.7 Å². The van der Waals surface area contributed by atoms with E-state index in [2.05, 4.69) is 10.6 Å².